The Hall–Kier alpha value is -2.02. The van der Waals surface area contributed by atoms with Gasteiger partial charge in [0.15, 0.2) is 5.84 Å². The fourth-order valence-corrected chi connectivity index (χ4v) is 1.53. The molecule has 0 atom stereocenters. The number of carbonyl (C=O) groups is 1. The van der Waals surface area contributed by atoms with Crippen LogP contribution in [0.25, 0.3) is 0 Å². The van der Waals surface area contributed by atoms with Crippen LogP contribution in [0.2, 0.25) is 5.02 Å². The van der Waals surface area contributed by atoms with E-state index in [1.807, 2.05) is 0 Å². The van der Waals surface area contributed by atoms with Crippen molar-refractivity contribution in [3.05, 3.63) is 22.8 Å². The molecular weight excluding hydrogens is 284 g/mol. The van der Waals surface area contributed by atoms with E-state index in [4.69, 9.17) is 27.3 Å². The summed E-state index contributed by atoms with van der Waals surface area (Å²) in [5.41, 5.74) is 5.24. The van der Waals surface area contributed by atoms with Gasteiger partial charge in [-0.05, 0) is 26.8 Å². The molecule has 0 unspecified atom stereocenters. The van der Waals surface area contributed by atoms with E-state index in [0.29, 0.717) is 11.4 Å². The molecular formula is C12H17ClN4O3. The van der Waals surface area contributed by atoms with Crippen molar-refractivity contribution in [1.29, 1.82) is 0 Å². The van der Waals surface area contributed by atoms with Crippen LogP contribution in [0.1, 0.15) is 26.3 Å². The summed E-state index contributed by atoms with van der Waals surface area (Å²) in [7, 11) is 0. The van der Waals surface area contributed by atoms with Crippen molar-refractivity contribution in [3.63, 3.8) is 0 Å². The van der Waals surface area contributed by atoms with Crippen LogP contribution in [0, 0.1) is 0 Å². The number of aromatic nitrogens is 1. The largest absolute Gasteiger partial charge is 0.459 e. The van der Waals surface area contributed by atoms with E-state index < -0.39 is 11.6 Å². The molecule has 0 aliphatic heterocycles. The Balaban J connectivity index is 2.68. The zero-order valence-corrected chi connectivity index (χ0v) is 12.2. The van der Waals surface area contributed by atoms with Gasteiger partial charge in [-0.15, -0.1) is 0 Å². The van der Waals surface area contributed by atoms with Crippen LogP contribution in [0.3, 0.4) is 0 Å². The highest BCUT2D eigenvalue weighted by Crippen LogP contribution is 2.20. The van der Waals surface area contributed by atoms with Crippen molar-refractivity contribution in [3.8, 4) is 0 Å². The van der Waals surface area contributed by atoms with E-state index in [0.717, 1.165) is 0 Å². The molecule has 1 rings (SSSR count). The molecule has 0 saturated carbocycles. The first-order valence-electron chi connectivity index (χ1n) is 5.82. The molecule has 0 bridgehead atoms. The smallest absolute Gasteiger partial charge is 0.325 e. The molecule has 0 aliphatic rings. The molecule has 110 valence electrons. The molecule has 20 heavy (non-hydrogen) atoms. The lowest BCUT2D eigenvalue weighted by Crippen LogP contribution is -2.28. The van der Waals surface area contributed by atoms with Gasteiger partial charge >= 0.3 is 5.97 Å². The molecule has 1 aromatic heterocycles. The summed E-state index contributed by atoms with van der Waals surface area (Å²) in [4.78, 5) is 15.5. The van der Waals surface area contributed by atoms with E-state index >= 15 is 0 Å². The molecule has 0 spiro atoms. The van der Waals surface area contributed by atoms with Gasteiger partial charge in [0.25, 0.3) is 0 Å². The zero-order chi connectivity index (χ0) is 15.3. The van der Waals surface area contributed by atoms with Crippen LogP contribution in [0.15, 0.2) is 17.4 Å². The molecule has 0 aromatic carbocycles. The number of amidine groups is 1. The maximum atomic E-state index is 11.5. The van der Waals surface area contributed by atoms with Gasteiger partial charge < -0.3 is 21.0 Å². The van der Waals surface area contributed by atoms with Crippen molar-refractivity contribution >= 4 is 29.2 Å². The van der Waals surface area contributed by atoms with Gasteiger partial charge in [-0.25, -0.2) is 4.98 Å². The van der Waals surface area contributed by atoms with Crippen molar-refractivity contribution in [2.45, 2.75) is 26.4 Å². The van der Waals surface area contributed by atoms with E-state index in [1.165, 1.54) is 12.3 Å². The Bertz CT molecular complexity index is 526. The lowest BCUT2D eigenvalue weighted by Gasteiger charge is -2.19. The van der Waals surface area contributed by atoms with Gasteiger partial charge in [0.2, 0.25) is 0 Å². The monoisotopic (exact) mass is 300 g/mol. The first kappa shape index (κ1) is 16.0. The number of anilines is 1. The van der Waals surface area contributed by atoms with Gasteiger partial charge in [-0.2, -0.15) is 0 Å². The van der Waals surface area contributed by atoms with E-state index in [9.17, 15) is 4.79 Å². The highest BCUT2D eigenvalue weighted by Gasteiger charge is 2.16. The maximum absolute atomic E-state index is 11.5. The fourth-order valence-electron chi connectivity index (χ4n) is 1.30. The second kappa shape index (κ2) is 6.42. The number of nitrogens with zero attached hydrogens (tertiary/aromatic N) is 2. The first-order chi connectivity index (χ1) is 9.23. The van der Waals surface area contributed by atoms with Crippen LogP contribution in [0.4, 0.5) is 5.82 Å². The van der Waals surface area contributed by atoms with E-state index in [-0.39, 0.29) is 17.4 Å². The summed E-state index contributed by atoms with van der Waals surface area (Å²) in [6.07, 6.45) is 1.37. The number of halogens is 1. The predicted octanol–water partition coefficient (Wildman–Crippen LogP) is 1.58. The van der Waals surface area contributed by atoms with Crippen LogP contribution in [0.5, 0.6) is 0 Å². The van der Waals surface area contributed by atoms with Crippen LogP contribution in [-0.2, 0) is 9.53 Å². The Labute approximate surface area is 121 Å². The number of rotatable bonds is 4. The van der Waals surface area contributed by atoms with E-state index in [1.54, 1.807) is 20.8 Å². The summed E-state index contributed by atoms with van der Waals surface area (Å²) in [6, 6.07) is 1.47. The minimum absolute atomic E-state index is 0.0626. The topological polar surface area (TPSA) is 110 Å². The lowest BCUT2D eigenvalue weighted by atomic mass is 10.2. The zero-order valence-electron chi connectivity index (χ0n) is 11.5. The number of pyridine rings is 1. The molecule has 1 aromatic rings. The predicted molar refractivity (Wildman–Crippen MR) is 76.1 cm³/mol. The summed E-state index contributed by atoms with van der Waals surface area (Å²) >= 11 is 5.98. The van der Waals surface area contributed by atoms with Gasteiger partial charge in [-0.3, -0.25) is 4.79 Å². The number of esters is 1. The second-order valence-corrected chi connectivity index (χ2v) is 5.39. The van der Waals surface area contributed by atoms with Crippen molar-refractivity contribution < 1.29 is 14.7 Å². The highest BCUT2D eigenvalue weighted by molar-refractivity contribution is 6.33. The molecule has 0 aliphatic carbocycles. The Kier molecular flexibility index (Phi) is 5.15. The third-order valence-electron chi connectivity index (χ3n) is 2.06. The van der Waals surface area contributed by atoms with Gasteiger partial charge in [0.1, 0.15) is 18.0 Å². The summed E-state index contributed by atoms with van der Waals surface area (Å²) in [5.74, 6) is -0.207. The van der Waals surface area contributed by atoms with E-state index in [2.05, 4.69) is 15.5 Å². The summed E-state index contributed by atoms with van der Waals surface area (Å²) in [5, 5.41) is 14.4. The van der Waals surface area contributed by atoms with Crippen molar-refractivity contribution in [2.24, 2.45) is 10.9 Å². The lowest BCUT2D eigenvalue weighted by molar-refractivity contribution is -0.152. The molecule has 0 amide bonds. The molecule has 8 heteroatoms. The van der Waals surface area contributed by atoms with Crippen LogP contribution < -0.4 is 11.1 Å². The number of hydrogen-bond acceptors (Lipinski definition) is 6. The summed E-state index contributed by atoms with van der Waals surface area (Å²) < 4.78 is 5.13. The minimum atomic E-state index is -0.550. The SMILES string of the molecule is CC(C)(C)OC(=O)CNc1ncc(/C(N)=N/O)cc1Cl. The Morgan fingerprint density at radius 2 is 2.25 bits per heavy atom. The Morgan fingerprint density at radius 1 is 1.60 bits per heavy atom. The molecule has 0 radical (unpaired) electrons. The molecule has 1 heterocycles. The van der Waals surface area contributed by atoms with Gasteiger partial charge in [0, 0.05) is 11.8 Å². The van der Waals surface area contributed by atoms with Gasteiger partial charge in [-0.1, -0.05) is 16.8 Å². The molecule has 0 saturated heterocycles. The number of nitrogens with two attached hydrogens (primary N) is 1. The number of nitrogens with one attached hydrogen (secondary N) is 1. The number of hydrogen-bond donors (Lipinski definition) is 3. The number of carbonyl (C=O) groups excluding carboxylic acids is 1. The average Bonchev–Trinajstić information content (AvgIpc) is 2.34. The summed E-state index contributed by atoms with van der Waals surface area (Å²) in [6.45, 7) is 5.28. The van der Waals surface area contributed by atoms with Crippen LogP contribution >= 0.6 is 11.6 Å². The first-order valence-corrected chi connectivity index (χ1v) is 6.20. The van der Waals surface area contributed by atoms with Crippen molar-refractivity contribution in [2.75, 3.05) is 11.9 Å². The quantitative estimate of drug-likeness (QED) is 0.256. The standard InChI is InChI=1S/C12H17ClN4O3/c1-12(2,3)20-9(18)6-16-11-8(13)4-7(5-15-11)10(14)17-19/h4-5,19H,6H2,1-3H3,(H2,14,17)(H,15,16). The maximum Gasteiger partial charge on any atom is 0.325 e. The van der Waals surface area contributed by atoms with Crippen LogP contribution in [-0.4, -0.2) is 34.1 Å². The third-order valence-corrected chi connectivity index (χ3v) is 2.35. The molecule has 7 nitrogen and oxygen atoms in total. The third kappa shape index (κ3) is 4.93. The fraction of sp³-hybridized carbons (Fsp3) is 0.417. The van der Waals surface area contributed by atoms with Crippen molar-refractivity contribution in [1.82, 2.24) is 4.98 Å². The molecule has 0 fully saturated rings. The normalized spacial score (nSPS) is 12.1. The second-order valence-electron chi connectivity index (χ2n) is 4.98. The Morgan fingerprint density at radius 3 is 2.75 bits per heavy atom. The number of oxime groups is 1. The van der Waals surface area contributed by atoms with Gasteiger partial charge in [0.05, 0.1) is 5.02 Å². The minimum Gasteiger partial charge on any atom is -0.459 e. The molecule has 4 N–H and O–H groups in total. The average molecular weight is 301 g/mol. The number of ether oxygens (including phenoxy) is 1. The highest BCUT2D eigenvalue weighted by atomic mass is 35.5.